The van der Waals surface area contributed by atoms with Crippen molar-refractivity contribution in [3.63, 3.8) is 0 Å². The maximum atomic E-state index is 13.4. The van der Waals surface area contributed by atoms with Crippen molar-refractivity contribution < 1.29 is 22.8 Å². The lowest BCUT2D eigenvalue weighted by molar-refractivity contribution is -0.137. The largest absolute Gasteiger partial charge is 0.417 e. The molecule has 11 heteroatoms. The Hall–Kier alpha value is -3.13. The highest BCUT2D eigenvalue weighted by atomic mass is 79.9. The third kappa shape index (κ3) is 4.39. The Morgan fingerprint density at radius 3 is 2.36 bits per heavy atom. The molecule has 0 N–H and O–H groups in total. The van der Waals surface area contributed by atoms with Crippen LogP contribution in [0.4, 0.5) is 23.7 Å². The van der Waals surface area contributed by atoms with E-state index in [0.717, 1.165) is 26.8 Å². The van der Waals surface area contributed by atoms with Gasteiger partial charge < -0.3 is 4.90 Å². The van der Waals surface area contributed by atoms with E-state index in [4.69, 9.17) is 5.26 Å². The minimum absolute atomic E-state index is 0.0803. The van der Waals surface area contributed by atoms with Crippen LogP contribution >= 0.6 is 15.9 Å². The number of anilines is 1. The van der Waals surface area contributed by atoms with Gasteiger partial charge in [-0.2, -0.15) is 23.5 Å². The zero-order valence-electron chi connectivity index (χ0n) is 18.4. The molecule has 1 saturated heterocycles. The quantitative estimate of drug-likeness (QED) is 0.409. The summed E-state index contributed by atoms with van der Waals surface area (Å²) in [7, 11) is 0. The van der Waals surface area contributed by atoms with E-state index in [-0.39, 0.29) is 12.2 Å². The molecule has 3 amide bonds. The van der Waals surface area contributed by atoms with Crippen molar-refractivity contribution >= 4 is 33.6 Å². The molecule has 174 valence electrons. The third-order valence-corrected chi connectivity index (χ3v) is 6.68. The van der Waals surface area contributed by atoms with E-state index in [1.54, 1.807) is 16.8 Å². The molecule has 2 heterocycles. The standard InChI is InChI=1S/C22H21BrF3N5O2/c1-13-18(23)14(2)30(28-13)10-6-5-9-29-20(33)31(19(32)21(29,3)4)16-8-7-15(12-27)17(11-16)22(24,25)26/h5-8,11H,9-10H2,1-4H3. The minimum atomic E-state index is -4.80. The number of carbonyl (C=O) groups is 2. The molecule has 3 rings (SSSR count). The predicted octanol–water partition coefficient (Wildman–Crippen LogP) is 4.96. The van der Waals surface area contributed by atoms with Crippen LogP contribution in [0, 0.1) is 25.2 Å². The molecular weight excluding hydrogens is 503 g/mol. The number of hydrogen-bond donors (Lipinski definition) is 0. The summed E-state index contributed by atoms with van der Waals surface area (Å²) in [5.41, 5.74) is -1.50. The number of aromatic nitrogens is 2. The number of nitrogens with zero attached hydrogens (tertiary/aromatic N) is 5. The number of allylic oxidation sites excluding steroid dienone is 1. The summed E-state index contributed by atoms with van der Waals surface area (Å²) in [6, 6.07) is 3.53. The van der Waals surface area contributed by atoms with Crippen molar-refractivity contribution in [1.82, 2.24) is 14.7 Å². The highest BCUT2D eigenvalue weighted by molar-refractivity contribution is 9.10. The Kier molecular flexibility index (Phi) is 6.44. The molecule has 0 aliphatic carbocycles. The number of nitriles is 1. The van der Waals surface area contributed by atoms with Gasteiger partial charge >= 0.3 is 12.2 Å². The number of carbonyl (C=O) groups excluding carboxylic acids is 2. The van der Waals surface area contributed by atoms with Gasteiger partial charge in [0.25, 0.3) is 5.91 Å². The lowest BCUT2D eigenvalue weighted by Gasteiger charge is -2.26. The van der Waals surface area contributed by atoms with Crippen LogP contribution in [-0.4, -0.2) is 38.7 Å². The van der Waals surface area contributed by atoms with Gasteiger partial charge in [0.15, 0.2) is 0 Å². The molecule has 1 aliphatic heterocycles. The number of aryl methyl sites for hydroxylation is 1. The summed E-state index contributed by atoms with van der Waals surface area (Å²) in [5, 5.41) is 13.4. The number of rotatable bonds is 5. The van der Waals surface area contributed by atoms with E-state index in [0.29, 0.717) is 12.6 Å². The number of halogens is 4. The number of alkyl halides is 3. The molecule has 7 nitrogen and oxygen atoms in total. The normalized spacial score (nSPS) is 16.2. The summed E-state index contributed by atoms with van der Waals surface area (Å²) in [4.78, 5) is 28.0. The van der Waals surface area contributed by atoms with Crippen molar-refractivity contribution in [3.8, 4) is 6.07 Å². The van der Waals surface area contributed by atoms with E-state index < -0.39 is 34.8 Å². The van der Waals surface area contributed by atoms with E-state index in [2.05, 4.69) is 21.0 Å². The lowest BCUT2D eigenvalue weighted by atomic mass is 10.0. The second-order valence-electron chi connectivity index (χ2n) is 8.07. The van der Waals surface area contributed by atoms with Crippen LogP contribution in [0.3, 0.4) is 0 Å². The van der Waals surface area contributed by atoms with E-state index >= 15 is 0 Å². The molecule has 0 radical (unpaired) electrons. The average Bonchev–Trinajstić information content (AvgIpc) is 3.08. The fourth-order valence-corrected chi connectivity index (χ4v) is 3.86. The second kappa shape index (κ2) is 8.67. The maximum Gasteiger partial charge on any atom is 0.417 e. The van der Waals surface area contributed by atoms with Gasteiger partial charge in [0, 0.05) is 6.54 Å². The van der Waals surface area contributed by atoms with Gasteiger partial charge in [-0.3, -0.25) is 9.48 Å². The van der Waals surface area contributed by atoms with Crippen LogP contribution in [0.1, 0.15) is 36.4 Å². The second-order valence-corrected chi connectivity index (χ2v) is 8.86. The van der Waals surface area contributed by atoms with Gasteiger partial charge in [0.2, 0.25) is 0 Å². The zero-order valence-corrected chi connectivity index (χ0v) is 20.0. The van der Waals surface area contributed by atoms with Crippen molar-refractivity contribution in [1.29, 1.82) is 5.26 Å². The highest BCUT2D eigenvalue weighted by Gasteiger charge is 2.51. The lowest BCUT2D eigenvalue weighted by Crippen LogP contribution is -2.44. The number of benzene rings is 1. The summed E-state index contributed by atoms with van der Waals surface area (Å²) in [5.74, 6) is -0.652. The average molecular weight is 524 g/mol. The predicted molar refractivity (Wildman–Crippen MR) is 118 cm³/mol. The Morgan fingerprint density at radius 1 is 1.18 bits per heavy atom. The fraction of sp³-hybridized carbons (Fsp3) is 0.364. The van der Waals surface area contributed by atoms with Crippen LogP contribution in [0.15, 0.2) is 34.8 Å². The molecule has 0 unspecified atom stereocenters. The molecular formula is C22H21BrF3N5O2. The smallest absolute Gasteiger partial charge is 0.306 e. The van der Waals surface area contributed by atoms with Gasteiger partial charge in [0.1, 0.15) is 5.54 Å². The minimum Gasteiger partial charge on any atom is -0.306 e. The summed E-state index contributed by atoms with van der Waals surface area (Å²) in [6.07, 6.45) is -1.30. The van der Waals surface area contributed by atoms with Crippen molar-refractivity contribution in [2.45, 2.75) is 46.0 Å². The van der Waals surface area contributed by atoms with Crippen LogP contribution in [0.5, 0.6) is 0 Å². The fourth-order valence-electron chi connectivity index (χ4n) is 3.58. The van der Waals surface area contributed by atoms with Gasteiger partial charge in [-0.05, 0) is 61.8 Å². The van der Waals surface area contributed by atoms with Crippen LogP contribution in [0.2, 0.25) is 0 Å². The molecule has 0 spiro atoms. The van der Waals surface area contributed by atoms with E-state index in [1.807, 2.05) is 13.8 Å². The monoisotopic (exact) mass is 523 g/mol. The zero-order chi connectivity index (χ0) is 24.7. The maximum absolute atomic E-state index is 13.4. The molecule has 0 saturated carbocycles. The first-order valence-corrected chi connectivity index (χ1v) is 10.7. The first-order valence-electron chi connectivity index (χ1n) is 9.92. The van der Waals surface area contributed by atoms with Crippen LogP contribution in [-0.2, 0) is 17.5 Å². The molecule has 33 heavy (non-hydrogen) atoms. The Morgan fingerprint density at radius 2 is 1.82 bits per heavy atom. The number of imide groups is 1. The Bertz CT molecular complexity index is 1190. The van der Waals surface area contributed by atoms with Gasteiger partial charge in [0.05, 0.1) is 45.3 Å². The van der Waals surface area contributed by atoms with Crippen LogP contribution in [0.25, 0.3) is 0 Å². The number of amides is 3. The molecule has 1 aromatic heterocycles. The molecule has 0 atom stereocenters. The van der Waals surface area contributed by atoms with E-state index in [1.165, 1.54) is 30.9 Å². The SMILES string of the molecule is Cc1nn(CC=CCN2C(=O)N(c3ccc(C#N)c(C(F)(F)F)c3)C(=O)C2(C)C)c(C)c1Br. The van der Waals surface area contributed by atoms with E-state index in [9.17, 15) is 22.8 Å². The van der Waals surface area contributed by atoms with Gasteiger partial charge in [-0.25, -0.2) is 9.69 Å². The van der Waals surface area contributed by atoms with Gasteiger partial charge in [-0.1, -0.05) is 12.2 Å². The topological polar surface area (TPSA) is 82.2 Å². The molecule has 1 aromatic carbocycles. The summed E-state index contributed by atoms with van der Waals surface area (Å²) in [6.45, 7) is 7.38. The first kappa shape index (κ1) is 24.5. The summed E-state index contributed by atoms with van der Waals surface area (Å²) >= 11 is 3.46. The number of hydrogen-bond acceptors (Lipinski definition) is 4. The third-order valence-electron chi connectivity index (χ3n) is 5.54. The molecule has 1 aliphatic rings. The van der Waals surface area contributed by atoms with Crippen molar-refractivity contribution in [2.75, 3.05) is 11.4 Å². The Balaban J connectivity index is 1.84. The Labute approximate surface area is 197 Å². The summed E-state index contributed by atoms with van der Waals surface area (Å²) < 4.78 is 42.8. The molecule has 1 fully saturated rings. The first-order chi connectivity index (χ1) is 15.3. The molecule has 0 bridgehead atoms. The van der Waals surface area contributed by atoms with Crippen molar-refractivity contribution in [2.24, 2.45) is 0 Å². The highest BCUT2D eigenvalue weighted by Crippen LogP contribution is 2.37. The molecule has 2 aromatic rings. The van der Waals surface area contributed by atoms with Crippen molar-refractivity contribution in [3.05, 3.63) is 57.3 Å². The van der Waals surface area contributed by atoms with Gasteiger partial charge in [-0.15, -0.1) is 0 Å². The van der Waals surface area contributed by atoms with Crippen LogP contribution < -0.4 is 4.90 Å². The number of urea groups is 1.